The van der Waals surface area contributed by atoms with Crippen molar-refractivity contribution in [3.05, 3.63) is 70.3 Å². The minimum Gasteiger partial charge on any atom is -0.490 e. The van der Waals surface area contributed by atoms with Crippen LogP contribution in [0.3, 0.4) is 0 Å². The van der Waals surface area contributed by atoms with Gasteiger partial charge in [0, 0.05) is 23.5 Å². The first-order chi connectivity index (χ1) is 18.7. The zero-order valence-corrected chi connectivity index (χ0v) is 24.9. The van der Waals surface area contributed by atoms with Crippen LogP contribution in [0.2, 0.25) is 5.02 Å². The number of ether oxygens (including phenoxy) is 2. The fourth-order valence-corrected chi connectivity index (χ4v) is 6.80. The maximum absolute atomic E-state index is 13.0. The molecule has 0 amide bonds. The Balaban J connectivity index is 1.47. The van der Waals surface area contributed by atoms with Crippen molar-refractivity contribution in [1.82, 2.24) is 0 Å². The van der Waals surface area contributed by atoms with Gasteiger partial charge in [0.2, 0.25) is 0 Å². The van der Waals surface area contributed by atoms with Crippen LogP contribution in [-0.4, -0.2) is 31.3 Å². The summed E-state index contributed by atoms with van der Waals surface area (Å²) in [5.74, 6) is 1.93. The predicted octanol–water partition coefficient (Wildman–Crippen LogP) is 8.54. The molecule has 5 heteroatoms. The Kier molecular flexibility index (Phi) is 8.33. The van der Waals surface area contributed by atoms with Crippen LogP contribution >= 0.6 is 11.6 Å². The number of hydrogen-bond acceptors (Lipinski definition) is 4. The number of aryl methyl sites for hydroxylation is 1. The van der Waals surface area contributed by atoms with Crippen molar-refractivity contribution < 1.29 is 14.3 Å². The third-order valence-electron chi connectivity index (χ3n) is 8.76. The van der Waals surface area contributed by atoms with Crippen LogP contribution in [0.5, 0.6) is 5.75 Å². The number of fused-ring (bicyclic) bond motifs is 3. The molecule has 1 spiro atoms. The largest absolute Gasteiger partial charge is 0.490 e. The molecule has 5 rings (SSSR count). The summed E-state index contributed by atoms with van der Waals surface area (Å²) in [6, 6.07) is 12.2. The molecule has 3 unspecified atom stereocenters. The highest BCUT2D eigenvalue weighted by molar-refractivity contribution is 6.30. The number of carbonyl (C=O) groups excluding carboxylic acids is 1. The Hall–Kier alpha value is -2.46. The van der Waals surface area contributed by atoms with Gasteiger partial charge in [-0.3, -0.25) is 0 Å². The average Bonchev–Trinajstić information content (AvgIpc) is 3.02. The van der Waals surface area contributed by atoms with Gasteiger partial charge in [0.15, 0.2) is 0 Å². The summed E-state index contributed by atoms with van der Waals surface area (Å²) in [6.45, 7) is 10.4. The van der Waals surface area contributed by atoms with E-state index in [0.717, 1.165) is 61.7 Å². The molecule has 1 fully saturated rings. The lowest BCUT2D eigenvalue weighted by atomic mass is 9.69. The lowest BCUT2D eigenvalue weighted by Crippen LogP contribution is -2.48. The van der Waals surface area contributed by atoms with E-state index in [1.807, 2.05) is 45.0 Å². The lowest BCUT2D eigenvalue weighted by molar-refractivity contribution is 0.00695. The van der Waals surface area contributed by atoms with Crippen LogP contribution in [0.1, 0.15) is 94.1 Å². The van der Waals surface area contributed by atoms with Crippen LogP contribution < -0.4 is 9.64 Å². The molecule has 0 N–H and O–H groups in total. The van der Waals surface area contributed by atoms with Crippen LogP contribution in [0.25, 0.3) is 0 Å². The minimum atomic E-state index is -0.540. The molecule has 0 aromatic heterocycles. The van der Waals surface area contributed by atoms with Gasteiger partial charge in [-0.05, 0) is 119 Å². The molecule has 0 bridgehead atoms. The fourth-order valence-electron chi connectivity index (χ4n) is 6.61. The Labute approximate surface area is 239 Å². The van der Waals surface area contributed by atoms with Gasteiger partial charge >= 0.3 is 5.97 Å². The van der Waals surface area contributed by atoms with E-state index in [9.17, 15) is 4.79 Å². The zero-order valence-electron chi connectivity index (χ0n) is 24.1. The number of carbonyl (C=O) groups is 1. The van der Waals surface area contributed by atoms with Gasteiger partial charge in [-0.25, -0.2) is 4.79 Å². The number of esters is 1. The van der Waals surface area contributed by atoms with Crippen molar-refractivity contribution in [3.63, 3.8) is 0 Å². The van der Waals surface area contributed by atoms with Crippen molar-refractivity contribution in [2.24, 2.45) is 11.8 Å². The number of rotatable bonds is 7. The molecule has 2 aliphatic carbocycles. The molecule has 39 heavy (non-hydrogen) atoms. The SMILES string of the molecule is CCC/C=C/CC1CCC1CN1CC2(CCCc3cc(Cl)ccc32)COc2ccc(C(=O)OC(C)(C)C)cc21. The second kappa shape index (κ2) is 11.6. The molecule has 3 aliphatic rings. The number of unbranched alkanes of at least 4 members (excludes halogenated alkanes) is 1. The first-order valence-corrected chi connectivity index (χ1v) is 15.2. The van der Waals surface area contributed by atoms with Crippen molar-refractivity contribution in [3.8, 4) is 5.75 Å². The lowest BCUT2D eigenvalue weighted by Gasteiger charge is -2.44. The maximum atomic E-state index is 13.0. The Bertz CT molecular complexity index is 1220. The van der Waals surface area contributed by atoms with Crippen LogP contribution in [0.4, 0.5) is 5.69 Å². The molecule has 210 valence electrons. The molecule has 0 radical (unpaired) electrons. The van der Waals surface area contributed by atoms with Crippen LogP contribution in [0, 0.1) is 11.8 Å². The molecule has 0 saturated heterocycles. The summed E-state index contributed by atoms with van der Waals surface area (Å²) >= 11 is 6.41. The summed E-state index contributed by atoms with van der Waals surface area (Å²) in [5.41, 5.74) is 3.67. The highest BCUT2D eigenvalue weighted by Crippen LogP contribution is 2.46. The molecule has 1 saturated carbocycles. The van der Waals surface area contributed by atoms with E-state index in [1.165, 1.54) is 30.4 Å². The summed E-state index contributed by atoms with van der Waals surface area (Å²) < 4.78 is 12.3. The maximum Gasteiger partial charge on any atom is 0.338 e. The molecular weight excluding hydrogens is 506 g/mol. The smallest absolute Gasteiger partial charge is 0.338 e. The van der Waals surface area contributed by atoms with E-state index in [1.54, 1.807) is 0 Å². The normalized spacial score (nSPS) is 24.5. The third kappa shape index (κ3) is 6.32. The van der Waals surface area contributed by atoms with Crippen LogP contribution in [-0.2, 0) is 16.6 Å². The first kappa shape index (κ1) is 28.1. The van der Waals surface area contributed by atoms with E-state index < -0.39 is 5.60 Å². The summed E-state index contributed by atoms with van der Waals surface area (Å²) in [5, 5.41) is 0.802. The molecule has 3 atom stereocenters. The van der Waals surface area contributed by atoms with E-state index in [-0.39, 0.29) is 11.4 Å². The average molecular weight is 550 g/mol. The fraction of sp³-hybridized carbons (Fsp3) is 0.559. The molecule has 2 aromatic carbocycles. The predicted molar refractivity (Wildman–Crippen MR) is 160 cm³/mol. The Morgan fingerprint density at radius 3 is 2.72 bits per heavy atom. The molecule has 4 nitrogen and oxygen atoms in total. The standard InChI is InChI=1S/C34H44ClNO3/c1-5-6-7-8-10-24-12-13-27(24)21-36-22-34(18-9-11-25-19-28(35)15-16-29(25)34)23-38-31-17-14-26(20-30(31)36)32(37)39-33(2,3)4/h7-8,14-17,19-20,24,27H,5-6,9-13,18,21-23H2,1-4H3/b8-7+. The number of nitrogens with zero attached hydrogens (tertiary/aromatic N) is 1. The molecule has 1 aliphatic heterocycles. The number of hydrogen-bond donors (Lipinski definition) is 0. The Morgan fingerprint density at radius 1 is 1.15 bits per heavy atom. The number of halogens is 1. The topological polar surface area (TPSA) is 38.8 Å². The number of anilines is 1. The van der Waals surface area contributed by atoms with E-state index >= 15 is 0 Å². The summed E-state index contributed by atoms with van der Waals surface area (Å²) in [7, 11) is 0. The van der Waals surface area contributed by atoms with Gasteiger partial charge in [0.25, 0.3) is 0 Å². The minimum absolute atomic E-state index is 0.108. The molecule has 1 heterocycles. The van der Waals surface area contributed by atoms with Gasteiger partial charge in [0.1, 0.15) is 11.4 Å². The quantitative estimate of drug-likeness (QED) is 0.256. The van der Waals surface area contributed by atoms with Gasteiger partial charge in [-0.2, -0.15) is 0 Å². The second-order valence-electron chi connectivity index (χ2n) is 12.9. The van der Waals surface area contributed by atoms with E-state index in [4.69, 9.17) is 21.1 Å². The van der Waals surface area contributed by atoms with Crippen molar-refractivity contribution in [2.75, 3.05) is 24.6 Å². The van der Waals surface area contributed by atoms with Crippen molar-refractivity contribution in [2.45, 2.75) is 90.1 Å². The number of allylic oxidation sites excluding steroid dienone is 2. The molecule has 2 aromatic rings. The van der Waals surface area contributed by atoms with Gasteiger partial charge in [-0.15, -0.1) is 0 Å². The third-order valence-corrected chi connectivity index (χ3v) is 9.00. The van der Waals surface area contributed by atoms with Crippen LogP contribution in [0.15, 0.2) is 48.6 Å². The van der Waals surface area contributed by atoms with Gasteiger partial charge < -0.3 is 14.4 Å². The number of benzene rings is 2. The first-order valence-electron chi connectivity index (χ1n) is 14.9. The summed E-state index contributed by atoms with van der Waals surface area (Å²) in [4.78, 5) is 15.6. The van der Waals surface area contributed by atoms with Crippen molar-refractivity contribution >= 4 is 23.3 Å². The van der Waals surface area contributed by atoms with Gasteiger partial charge in [0.05, 0.1) is 17.9 Å². The molecular formula is C34H44ClNO3. The summed E-state index contributed by atoms with van der Waals surface area (Å²) in [6.07, 6.45) is 14.1. The Morgan fingerprint density at radius 2 is 1.97 bits per heavy atom. The zero-order chi connectivity index (χ0) is 27.6. The highest BCUT2D eigenvalue weighted by atomic mass is 35.5. The van der Waals surface area contributed by atoms with Crippen molar-refractivity contribution in [1.29, 1.82) is 0 Å². The highest BCUT2D eigenvalue weighted by Gasteiger charge is 2.43. The van der Waals surface area contributed by atoms with Gasteiger partial charge in [-0.1, -0.05) is 43.2 Å². The van der Waals surface area contributed by atoms with E-state index in [2.05, 4.69) is 36.1 Å². The van der Waals surface area contributed by atoms with E-state index in [0.29, 0.717) is 24.0 Å². The monoisotopic (exact) mass is 549 g/mol. The second-order valence-corrected chi connectivity index (χ2v) is 13.3.